The number of aldehydes is 1. The quantitative estimate of drug-likeness (QED) is 0.115. The van der Waals surface area contributed by atoms with Gasteiger partial charge in [0.15, 0.2) is 0 Å². The van der Waals surface area contributed by atoms with Crippen LogP contribution in [0, 0.1) is 5.41 Å². The Bertz CT molecular complexity index is 1230. The standard InChI is InChI=1S/C27H31N5O2.C3H4O/c1-4-7-20(9-5-8-19(2)25(29)16-17-28)26(33)31-22-12-14-23(15-13-22)32-27(34)21-10-6-11-24(18-21)30-3;1-2-3-4/h5-18,28,30H,4,29H2,1-3H3,(H,31,33)(H,32,34);2-3H,1H2/b9-5-,19-8+,20-7-,25-16-,28-17?;. The molecule has 2 rings (SSSR count). The van der Waals surface area contributed by atoms with Crippen LogP contribution < -0.4 is 21.7 Å². The van der Waals surface area contributed by atoms with Gasteiger partial charge in [0.1, 0.15) is 6.29 Å². The van der Waals surface area contributed by atoms with Gasteiger partial charge in [-0.25, -0.2) is 0 Å². The highest BCUT2D eigenvalue weighted by molar-refractivity contribution is 6.06. The fourth-order valence-corrected chi connectivity index (χ4v) is 2.93. The summed E-state index contributed by atoms with van der Waals surface area (Å²) in [6.45, 7) is 6.90. The molecule has 0 aliphatic heterocycles. The van der Waals surface area contributed by atoms with Gasteiger partial charge in [0, 0.05) is 47.2 Å². The van der Waals surface area contributed by atoms with Crippen LogP contribution in [0.15, 0.2) is 108 Å². The zero-order chi connectivity index (χ0) is 28.3. The van der Waals surface area contributed by atoms with Crippen molar-refractivity contribution >= 4 is 41.4 Å². The summed E-state index contributed by atoms with van der Waals surface area (Å²) in [7, 11) is 1.80. The van der Waals surface area contributed by atoms with Gasteiger partial charge in [0.05, 0.1) is 0 Å². The predicted octanol–water partition coefficient (Wildman–Crippen LogP) is 5.62. The SMILES string of the molecule is C=CC=O.CC/C=C(/C=C\C=C(C)\C(N)=C\C=N)C(=O)Nc1ccc(NC(=O)c2cccc(NC)c2)cc1. The smallest absolute Gasteiger partial charge is 0.255 e. The van der Waals surface area contributed by atoms with Crippen LogP contribution in [-0.2, 0) is 9.59 Å². The van der Waals surface area contributed by atoms with E-state index in [9.17, 15) is 9.59 Å². The van der Waals surface area contributed by atoms with Crippen molar-refractivity contribution in [3.05, 3.63) is 114 Å². The molecule has 38 heavy (non-hydrogen) atoms. The Morgan fingerprint density at radius 3 is 2.21 bits per heavy atom. The minimum atomic E-state index is -0.243. The second-order valence-electron chi connectivity index (χ2n) is 7.75. The molecule has 2 aromatic rings. The van der Waals surface area contributed by atoms with E-state index in [1.165, 1.54) is 12.2 Å². The summed E-state index contributed by atoms with van der Waals surface area (Å²) in [6.07, 6.45) is 12.3. The van der Waals surface area contributed by atoms with Crippen molar-refractivity contribution < 1.29 is 14.4 Å². The molecule has 198 valence electrons. The largest absolute Gasteiger partial charge is 0.398 e. The van der Waals surface area contributed by atoms with Crippen molar-refractivity contribution in [2.24, 2.45) is 5.73 Å². The van der Waals surface area contributed by atoms with E-state index in [0.29, 0.717) is 40.9 Å². The lowest BCUT2D eigenvalue weighted by Crippen LogP contribution is -2.14. The first-order valence-corrected chi connectivity index (χ1v) is 11.9. The third kappa shape index (κ3) is 11.2. The Labute approximate surface area is 224 Å². The molecule has 0 spiro atoms. The van der Waals surface area contributed by atoms with Crippen LogP contribution in [0.3, 0.4) is 0 Å². The van der Waals surface area contributed by atoms with Crippen LogP contribution >= 0.6 is 0 Å². The number of anilines is 3. The van der Waals surface area contributed by atoms with Gasteiger partial charge < -0.3 is 27.1 Å². The maximum absolute atomic E-state index is 12.7. The van der Waals surface area contributed by atoms with E-state index >= 15 is 0 Å². The molecular formula is C30H35N5O3. The molecule has 0 aliphatic carbocycles. The van der Waals surface area contributed by atoms with Crippen LogP contribution in [-0.4, -0.2) is 31.4 Å². The lowest BCUT2D eigenvalue weighted by atomic mass is 10.1. The van der Waals surface area contributed by atoms with Gasteiger partial charge in [-0.15, -0.1) is 0 Å². The Morgan fingerprint density at radius 1 is 1.03 bits per heavy atom. The molecule has 0 heterocycles. The summed E-state index contributed by atoms with van der Waals surface area (Å²) >= 11 is 0. The molecule has 0 radical (unpaired) electrons. The number of benzene rings is 2. The minimum absolute atomic E-state index is 0.216. The summed E-state index contributed by atoms with van der Waals surface area (Å²) < 4.78 is 0. The topological polar surface area (TPSA) is 137 Å². The maximum atomic E-state index is 12.7. The molecule has 0 aliphatic rings. The van der Waals surface area contributed by atoms with Crippen molar-refractivity contribution in [2.45, 2.75) is 20.3 Å². The van der Waals surface area contributed by atoms with Crippen molar-refractivity contribution in [1.29, 1.82) is 5.41 Å². The maximum Gasteiger partial charge on any atom is 0.255 e. The highest BCUT2D eigenvalue weighted by Crippen LogP contribution is 2.17. The van der Waals surface area contributed by atoms with Crippen molar-refractivity contribution in [3.8, 4) is 0 Å². The monoisotopic (exact) mass is 513 g/mol. The van der Waals surface area contributed by atoms with Crippen molar-refractivity contribution in [2.75, 3.05) is 23.0 Å². The molecule has 0 saturated carbocycles. The summed E-state index contributed by atoms with van der Waals surface area (Å²) in [5, 5.41) is 15.8. The molecular weight excluding hydrogens is 478 g/mol. The van der Waals surface area contributed by atoms with E-state index in [0.717, 1.165) is 17.5 Å². The summed E-state index contributed by atoms with van der Waals surface area (Å²) in [5.74, 6) is -0.459. The fourth-order valence-electron chi connectivity index (χ4n) is 2.93. The Kier molecular flexibility index (Phi) is 14.3. The summed E-state index contributed by atoms with van der Waals surface area (Å²) in [5.41, 5.74) is 10.3. The summed E-state index contributed by atoms with van der Waals surface area (Å²) in [4.78, 5) is 34.3. The van der Waals surface area contributed by atoms with E-state index in [1.807, 2.05) is 32.1 Å². The average molecular weight is 514 g/mol. The molecule has 8 heteroatoms. The average Bonchev–Trinajstić information content (AvgIpc) is 2.93. The number of carbonyl (C=O) groups is 3. The van der Waals surface area contributed by atoms with Crippen molar-refractivity contribution in [1.82, 2.24) is 0 Å². The fraction of sp³-hybridized carbons (Fsp3) is 0.133. The molecule has 0 aromatic heterocycles. The Hall–Kier alpha value is -4.98. The molecule has 0 unspecified atom stereocenters. The molecule has 0 fully saturated rings. The third-order valence-corrected chi connectivity index (χ3v) is 4.94. The normalized spacial score (nSPS) is 11.6. The third-order valence-electron chi connectivity index (χ3n) is 4.94. The number of hydrogen-bond acceptors (Lipinski definition) is 6. The number of hydrogen-bond donors (Lipinski definition) is 5. The minimum Gasteiger partial charge on any atom is -0.398 e. The van der Waals surface area contributed by atoms with E-state index < -0.39 is 0 Å². The van der Waals surface area contributed by atoms with Crippen LogP contribution in [0.25, 0.3) is 0 Å². The van der Waals surface area contributed by atoms with E-state index in [1.54, 1.807) is 61.7 Å². The number of nitrogens with one attached hydrogen (secondary N) is 4. The summed E-state index contributed by atoms with van der Waals surface area (Å²) in [6, 6.07) is 14.2. The first-order chi connectivity index (χ1) is 18.3. The number of amides is 2. The molecule has 8 nitrogen and oxygen atoms in total. The van der Waals surface area contributed by atoms with Gasteiger partial charge in [-0.1, -0.05) is 37.8 Å². The van der Waals surface area contributed by atoms with Crippen LogP contribution in [0.5, 0.6) is 0 Å². The van der Waals surface area contributed by atoms with E-state index in [2.05, 4.69) is 22.5 Å². The number of nitrogens with two attached hydrogens (primary N) is 1. The van der Waals surface area contributed by atoms with Gasteiger partial charge in [-0.2, -0.15) is 0 Å². The number of carbonyl (C=O) groups excluding carboxylic acids is 3. The lowest BCUT2D eigenvalue weighted by Gasteiger charge is -2.09. The molecule has 6 N–H and O–H groups in total. The zero-order valence-electron chi connectivity index (χ0n) is 22.0. The lowest BCUT2D eigenvalue weighted by molar-refractivity contribution is -0.112. The van der Waals surface area contributed by atoms with Gasteiger partial charge in [0.25, 0.3) is 11.8 Å². The molecule has 2 aromatic carbocycles. The second-order valence-corrected chi connectivity index (χ2v) is 7.75. The Morgan fingerprint density at radius 2 is 1.66 bits per heavy atom. The predicted molar refractivity (Wildman–Crippen MR) is 158 cm³/mol. The molecule has 0 bridgehead atoms. The molecule has 2 amide bonds. The Balaban J connectivity index is 0.00000168. The van der Waals surface area contributed by atoms with Gasteiger partial charge in [0.2, 0.25) is 0 Å². The van der Waals surface area contributed by atoms with Crippen molar-refractivity contribution in [3.63, 3.8) is 0 Å². The van der Waals surface area contributed by atoms with Gasteiger partial charge >= 0.3 is 0 Å². The van der Waals surface area contributed by atoms with Crippen LogP contribution in [0.4, 0.5) is 17.1 Å². The van der Waals surface area contributed by atoms with Gasteiger partial charge in [-0.3, -0.25) is 14.4 Å². The molecule has 0 atom stereocenters. The molecule has 0 saturated heterocycles. The van der Waals surface area contributed by atoms with E-state index in [-0.39, 0.29) is 11.8 Å². The second kappa shape index (κ2) is 17.4. The first-order valence-electron chi connectivity index (χ1n) is 11.9. The number of rotatable bonds is 11. The zero-order valence-corrected chi connectivity index (χ0v) is 22.0. The van der Waals surface area contributed by atoms with Gasteiger partial charge in [-0.05, 0) is 79.6 Å². The number of allylic oxidation sites excluding steroid dienone is 6. The van der Waals surface area contributed by atoms with Crippen LogP contribution in [0.2, 0.25) is 0 Å². The highest BCUT2D eigenvalue weighted by atomic mass is 16.2. The highest BCUT2D eigenvalue weighted by Gasteiger charge is 2.09. The van der Waals surface area contributed by atoms with E-state index in [4.69, 9.17) is 15.9 Å². The first kappa shape index (κ1) is 31.1. The van der Waals surface area contributed by atoms with Crippen LogP contribution in [0.1, 0.15) is 30.6 Å².